The summed E-state index contributed by atoms with van der Waals surface area (Å²) in [6.07, 6.45) is 0. The zero-order valence-electron chi connectivity index (χ0n) is 5.70. The second-order valence-electron chi connectivity index (χ2n) is 1.90. The Hall–Kier alpha value is -1.56. The summed E-state index contributed by atoms with van der Waals surface area (Å²) in [5, 5.41) is 11.3. The van der Waals surface area contributed by atoms with E-state index < -0.39 is 0 Å². The maximum atomic E-state index is 8.31. The molecule has 0 unspecified atom stereocenters. The Kier molecular flexibility index (Phi) is 1.86. The van der Waals surface area contributed by atoms with E-state index in [9.17, 15) is 0 Å². The van der Waals surface area contributed by atoms with Gasteiger partial charge in [-0.2, -0.15) is 0 Å². The maximum absolute atomic E-state index is 8.31. The molecule has 0 bridgehead atoms. The minimum atomic E-state index is 0.569. The lowest BCUT2D eigenvalue weighted by Gasteiger charge is -1.93. The zero-order valence-corrected chi connectivity index (χ0v) is 5.70. The molecule has 0 saturated heterocycles. The Morgan fingerprint density at radius 2 is 1.90 bits per heavy atom. The lowest BCUT2D eigenvalue weighted by Crippen LogP contribution is -1.84. The molecule has 0 aliphatic rings. The Labute approximate surface area is 59.3 Å². The molecule has 1 N–H and O–H groups in total. The minimum Gasteiger partial charge on any atom is -0.388 e. The highest BCUT2D eigenvalue weighted by atomic mass is 14.9. The number of diazo groups is 1. The van der Waals surface area contributed by atoms with Crippen LogP contribution in [-0.4, -0.2) is 7.05 Å². The van der Waals surface area contributed by atoms with Gasteiger partial charge in [0.05, 0.1) is 0 Å². The fourth-order valence-electron chi connectivity index (χ4n) is 0.695. The summed E-state index contributed by atoms with van der Waals surface area (Å²) < 4.78 is 0. The molecule has 0 radical (unpaired) electrons. The first-order valence-electron chi connectivity index (χ1n) is 2.99. The van der Waals surface area contributed by atoms with E-state index in [1.165, 1.54) is 0 Å². The molecule has 0 heterocycles. The van der Waals surface area contributed by atoms with Crippen molar-refractivity contribution in [3.05, 3.63) is 29.2 Å². The quantitative estimate of drug-likeness (QED) is 0.598. The standard InChI is InChI=1S/C7H8N3/c1-9-6-2-4-7(10-8)5-3-6/h2-5,9H,1H3/q+1. The van der Waals surface area contributed by atoms with E-state index in [4.69, 9.17) is 5.39 Å². The lowest BCUT2D eigenvalue weighted by atomic mass is 10.3. The van der Waals surface area contributed by atoms with Gasteiger partial charge in [0, 0.05) is 24.9 Å². The van der Waals surface area contributed by atoms with Crippen molar-refractivity contribution in [1.29, 1.82) is 5.39 Å². The third-order valence-corrected chi connectivity index (χ3v) is 1.27. The first-order valence-corrected chi connectivity index (χ1v) is 2.99. The highest BCUT2D eigenvalue weighted by molar-refractivity contribution is 5.53. The van der Waals surface area contributed by atoms with Gasteiger partial charge < -0.3 is 5.32 Å². The summed E-state index contributed by atoms with van der Waals surface area (Å²) in [4.78, 5) is 3.02. The average Bonchev–Trinajstić information content (AvgIpc) is 2.05. The molecule has 0 atom stereocenters. The molecule has 0 fully saturated rings. The molecule has 0 saturated carbocycles. The van der Waals surface area contributed by atoms with Crippen molar-refractivity contribution in [2.75, 3.05) is 12.4 Å². The molecule has 1 aromatic rings. The molecule has 3 heteroatoms. The van der Waals surface area contributed by atoms with E-state index in [1.807, 2.05) is 19.2 Å². The third-order valence-electron chi connectivity index (χ3n) is 1.27. The van der Waals surface area contributed by atoms with Crippen LogP contribution in [0.15, 0.2) is 24.3 Å². The van der Waals surface area contributed by atoms with E-state index in [1.54, 1.807) is 12.1 Å². The smallest absolute Gasteiger partial charge is 0.385 e. The molecular formula is C7H8N3+. The van der Waals surface area contributed by atoms with E-state index in [2.05, 4.69) is 10.3 Å². The van der Waals surface area contributed by atoms with Gasteiger partial charge in [-0.3, -0.25) is 0 Å². The summed E-state index contributed by atoms with van der Waals surface area (Å²) in [5.41, 5.74) is 1.58. The van der Waals surface area contributed by atoms with Gasteiger partial charge in [0.1, 0.15) is 0 Å². The fourth-order valence-corrected chi connectivity index (χ4v) is 0.695. The zero-order chi connectivity index (χ0) is 7.40. The van der Waals surface area contributed by atoms with Crippen LogP contribution in [0, 0.1) is 5.39 Å². The number of benzene rings is 1. The number of rotatable bonds is 1. The van der Waals surface area contributed by atoms with Gasteiger partial charge >= 0.3 is 5.69 Å². The molecule has 0 aliphatic heterocycles. The monoisotopic (exact) mass is 134 g/mol. The number of hydrogen-bond acceptors (Lipinski definition) is 2. The maximum Gasteiger partial charge on any atom is 0.385 e. The second kappa shape index (κ2) is 2.83. The van der Waals surface area contributed by atoms with Gasteiger partial charge in [-0.1, -0.05) is 0 Å². The molecule has 50 valence electrons. The highest BCUT2D eigenvalue weighted by Gasteiger charge is 2.00. The van der Waals surface area contributed by atoms with Crippen LogP contribution in [0.3, 0.4) is 0 Å². The Morgan fingerprint density at radius 1 is 1.30 bits per heavy atom. The Morgan fingerprint density at radius 3 is 2.30 bits per heavy atom. The molecular weight excluding hydrogens is 126 g/mol. The van der Waals surface area contributed by atoms with E-state index in [0.717, 1.165) is 5.69 Å². The Balaban J connectivity index is 2.93. The van der Waals surface area contributed by atoms with Crippen LogP contribution < -0.4 is 5.32 Å². The summed E-state index contributed by atoms with van der Waals surface area (Å²) in [6, 6.07) is 7.14. The highest BCUT2D eigenvalue weighted by Crippen LogP contribution is 2.14. The molecule has 0 spiro atoms. The van der Waals surface area contributed by atoms with Crippen LogP contribution in [0.4, 0.5) is 11.4 Å². The molecule has 3 nitrogen and oxygen atoms in total. The van der Waals surface area contributed by atoms with Gasteiger partial charge in [-0.15, -0.1) is 0 Å². The van der Waals surface area contributed by atoms with Crippen LogP contribution in [-0.2, 0) is 0 Å². The number of hydrogen-bond donors (Lipinski definition) is 1. The molecule has 0 aliphatic carbocycles. The minimum absolute atomic E-state index is 0.569. The summed E-state index contributed by atoms with van der Waals surface area (Å²) in [7, 11) is 1.84. The Bertz CT molecular complexity index is 245. The van der Waals surface area contributed by atoms with Crippen molar-refractivity contribution in [2.24, 2.45) is 0 Å². The van der Waals surface area contributed by atoms with Crippen molar-refractivity contribution in [2.45, 2.75) is 0 Å². The average molecular weight is 134 g/mol. The van der Waals surface area contributed by atoms with Crippen LogP contribution >= 0.6 is 0 Å². The second-order valence-corrected chi connectivity index (χ2v) is 1.90. The van der Waals surface area contributed by atoms with Crippen LogP contribution in [0.5, 0.6) is 0 Å². The fraction of sp³-hybridized carbons (Fsp3) is 0.143. The molecule has 0 amide bonds. The number of nitrogens with zero attached hydrogens (tertiary/aromatic N) is 2. The van der Waals surface area contributed by atoms with Gasteiger partial charge in [-0.25, -0.2) is 0 Å². The molecule has 0 aromatic heterocycles. The van der Waals surface area contributed by atoms with Gasteiger partial charge in [0.15, 0.2) is 4.98 Å². The predicted octanol–water partition coefficient (Wildman–Crippen LogP) is 2.21. The van der Waals surface area contributed by atoms with Crippen molar-refractivity contribution in [3.63, 3.8) is 0 Å². The normalized spacial score (nSPS) is 8.40. The first-order chi connectivity index (χ1) is 4.86. The van der Waals surface area contributed by atoms with E-state index in [-0.39, 0.29) is 0 Å². The predicted molar refractivity (Wildman–Crippen MR) is 40.7 cm³/mol. The molecule has 1 rings (SSSR count). The van der Waals surface area contributed by atoms with Crippen LogP contribution in [0.25, 0.3) is 4.98 Å². The van der Waals surface area contributed by atoms with Gasteiger partial charge in [-0.05, 0) is 12.1 Å². The largest absolute Gasteiger partial charge is 0.388 e. The van der Waals surface area contributed by atoms with Crippen LogP contribution in [0.2, 0.25) is 0 Å². The number of anilines is 1. The van der Waals surface area contributed by atoms with Crippen molar-refractivity contribution >= 4 is 11.4 Å². The van der Waals surface area contributed by atoms with Crippen LogP contribution in [0.1, 0.15) is 0 Å². The van der Waals surface area contributed by atoms with E-state index >= 15 is 0 Å². The van der Waals surface area contributed by atoms with Gasteiger partial charge in [0.2, 0.25) is 5.39 Å². The SMILES string of the molecule is CNc1ccc([N+]#N)cc1. The lowest BCUT2D eigenvalue weighted by molar-refractivity contribution is 1.45. The first kappa shape index (κ1) is 6.56. The molecule has 1 aromatic carbocycles. The molecule has 10 heavy (non-hydrogen) atoms. The summed E-state index contributed by atoms with van der Waals surface area (Å²) in [5.74, 6) is 0. The summed E-state index contributed by atoms with van der Waals surface area (Å²) >= 11 is 0. The van der Waals surface area contributed by atoms with Gasteiger partial charge in [0.25, 0.3) is 0 Å². The van der Waals surface area contributed by atoms with E-state index in [0.29, 0.717) is 5.69 Å². The topological polar surface area (TPSA) is 40.2 Å². The van der Waals surface area contributed by atoms with Crippen molar-refractivity contribution in [3.8, 4) is 0 Å². The van der Waals surface area contributed by atoms with Crippen molar-refractivity contribution < 1.29 is 0 Å². The van der Waals surface area contributed by atoms with Crippen molar-refractivity contribution in [1.82, 2.24) is 0 Å². The number of nitrogens with one attached hydrogen (secondary N) is 1. The third kappa shape index (κ3) is 1.23. The summed E-state index contributed by atoms with van der Waals surface area (Å²) in [6.45, 7) is 0.